The smallest absolute Gasteiger partial charge is 0.124 e. The van der Waals surface area contributed by atoms with E-state index in [0.29, 0.717) is 11.5 Å². The number of aryl methyl sites for hydroxylation is 1. The maximum atomic E-state index is 13.9. The minimum atomic E-state index is -0.238. The Morgan fingerprint density at radius 1 is 1.23 bits per heavy atom. The van der Waals surface area contributed by atoms with E-state index in [0.717, 1.165) is 31.7 Å². The number of nitrogens with one attached hydrogen (secondary N) is 1. The van der Waals surface area contributed by atoms with Gasteiger partial charge in [0.2, 0.25) is 0 Å². The number of phenolic OH excluding ortho intramolecular Hbond substituents is 1. The number of piperazine rings is 1. The quantitative estimate of drug-likeness (QED) is 0.892. The maximum absolute atomic E-state index is 13.9. The molecule has 0 spiro atoms. The fourth-order valence-electron chi connectivity index (χ4n) is 3.97. The zero-order valence-corrected chi connectivity index (χ0v) is 14.0. The third kappa shape index (κ3) is 3.55. The minimum absolute atomic E-state index is 0. The van der Waals surface area contributed by atoms with Crippen LogP contribution in [0, 0.1) is 18.7 Å². The highest BCUT2D eigenvalue weighted by molar-refractivity contribution is 5.85. The highest BCUT2D eigenvalue weighted by Crippen LogP contribution is 2.43. The minimum Gasteiger partial charge on any atom is -0.507 e. The molecule has 22 heavy (non-hydrogen) atoms. The summed E-state index contributed by atoms with van der Waals surface area (Å²) in [5.41, 5.74) is 1.43. The fraction of sp³-hybridized carbons (Fsp3) is 0.647. The Balaban J connectivity index is 0.00000176. The van der Waals surface area contributed by atoms with Gasteiger partial charge in [0.25, 0.3) is 0 Å². The number of nitrogens with zero attached hydrogens (tertiary/aromatic N) is 1. The molecule has 0 amide bonds. The zero-order chi connectivity index (χ0) is 14.8. The van der Waals surface area contributed by atoms with Gasteiger partial charge in [0.15, 0.2) is 0 Å². The molecule has 1 atom stereocenters. The van der Waals surface area contributed by atoms with Crippen LogP contribution in [-0.2, 0) is 0 Å². The third-order valence-electron chi connectivity index (χ3n) is 5.00. The molecule has 0 radical (unpaired) electrons. The lowest BCUT2D eigenvalue weighted by Gasteiger charge is -2.39. The van der Waals surface area contributed by atoms with Gasteiger partial charge in [-0.05, 0) is 43.4 Å². The van der Waals surface area contributed by atoms with E-state index in [4.69, 9.17) is 0 Å². The number of halogens is 2. The van der Waals surface area contributed by atoms with Gasteiger partial charge in [-0.1, -0.05) is 12.8 Å². The Hall–Kier alpha value is -0.840. The van der Waals surface area contributed by atoms with E-state index in [1.807, 2.05) is 0 Å². The Morgan fingerprint density at radius 2 is 1.86 bits per heavy atom. The lowest BCUT2D eigenvalue weighted by molar-refractivity contribution is 0.123. The highest BCUT2D eigenvalue weighted by Gasteiger charge is 2.34. The van der Waals surface area contributed by atoms with E-state index in [1.165, 1.54) is 31.7 Å². The molecule has 124 valence electrons. The van der Waals surface area contributed by atoms with Gasteiger partial charge >= 0.3 is 0 Å². The van der Waals surface area contributed by atoms with Crippen molar-refractivity contribution in [1.82, 2.24) is 10.2 Å². The molecule has 3 nitrogen and oxygen atoms in total. The first-order chi connectivity index (χ1) is 10.2. The van der Waals surface area contributed by atoms with Gasteiger partial charge in [-0.2, -0.15) is 0 Å². The summed E-state index contributed by atoms with van der Waals surface area (Å²) >= 11 is 0. The van der Waals surface area contributed by atoms with Gasteiger partial charge in [-0.25, -0.2) is 4.39 Å². The fourth-order valence-corrected chi connectivity index (χ4v) is 3.97. The van der Waals surface area contributed by atoms with Crippen molar-refractivity contribution in [1.29, 1.82) is 0 Å². The first-order valence-electron chi connectivity index (χ1n) is 8.10. The van der Waals surface area contributed by atoms with Crippen molar-refractivity contribution in [2.75, 3.05) is 26.2 Å². The standard InChI is InChI=1S/C17H25FN2O.ClH/c1-12-10-14(18)11-15(17(12)21)16(13-4-2-3-5-13)20-8-6-19-7-9-20;/h10-11,13,16,19,21H,2-9H2,1H3;1H/t16-;/m1./s1. The Bertz CT molecular complexity index is 500. The predicted molar refractivity (Wildman–Crippen MR) is 89.2 cm³/mol. The Kier molecular flexibility index (Phi) is 6.07. The summed E-state index contributed by atoms with van der Waals surface area (Å²) in [5, 5.41) is 13.8. The molecule has 1 aliphatic carbocycles. The molecule has 2 N–H and O–H groups in total. The van der Waals surface area contributed by atoms with Crippen LogP contribution in [0.15, 0.2) is 12.1 Å². The SMILES string of the molecule is Cc1cc(F)cc([C@@H](C2CCCC2)N2CCNCC2)c1O.Cl. The molecule has 1 heterocycles. The van der Waals surface area contributed by atoms with Gasteiger partial charge in [0.1, 0.15) is 11.6 Å². The van der Waals surface area contributed by atoms with Crippen molar-refractivity contribution in [3.63, 3.8) is 0 Å². The summed E-state index contributed by atoms with van der Waals surface area (Å²) in [4.78, 5) is 2.43. The summed E-state index contributed by atoms with van der Waals surface area (Å²) < 4.78 is 13.9. The first kappa shape index (κ1) is 17.5. The van der Waals surface area contributed by atoms with Crippen molar-refractivity contribution in [3.8, 4) is 5.75 Å². The van der Waals surface area contributed by atoms with Gasteiger partial charge in [0, 0.05) is 37.8 Å². The van der Waals surface area contributed by atoms with Crippen LogP contribution in [0.5, 0.6) is 5.75 Å². The van der Waals surface area contributed by atoms with Gasteiger partial charge < -0.3 is 10.4 Å². The van der Waals surface area contributed by atoms with E-state index < -0.39 is 0 Å². The van der Waals surface area contributed by atoms with Crippen molar-refractivity contribution in [3.05, 3.63) is 29.1 Å². The van der Waals surface area contributed by atoms with E-state index in [2.05, 4.69) is 10.2 Å². The molecule has 2 aliphatic rings. The van der Waals surface area contributed by atoms with Crippen LogP contribution in [0.1, 0.15) is 42.9 Å². The van der Waals surface area contributed by atoms with Crippen molar-refractivity contribution < 1.29 is 9.50 Å². The van der Waals surface area contributed by atoms with E-state index >= 15 is 0 Å². The van der Waals surface area contributed by atoms with Crippen molar-refractivity contribution in [2.45, 2.75) is 38.6 Å². The molecule has 5 heteroatoms. The molecule has 1 saturated carbocycles. The second-order valence-corrected chi connectivity index (χ2v) is 6.44. The van der Waals surface area contributed by atoms with Crippen molar-refractivity contribution in [2.24, 2.45) is 5.92 Å². The summed E-state index contributed by atoms with van der Waals surface area (Å²) in [5.74, 6) is 0.584. The van der Waals surface area contributed by atoms with Gasteiger partial charge in [-0.3, -0.25) is 4.90 Å². The van der Waals surface area contributed by atoms with Crippen molar-refractivity contribution >= 4 is 12.4 Å². The number of hydrogen-bond donors (Lipinski definition) is 2. The van der Waals surface area contributed by atoms with Gasteiger partial charge in [-0.15, -0.1) is 12.4 Å². The number of rotatable bonds is 3. The lowest BCUT2D eigenvalue weighted by atomic mass is 9.88. The Labute approximate surface area is 138 Å². The lowest BCUT2D eigenvalue weighted by Crippen LogP contribution is -2.46. The second kappa shape index (κ2) is 7.62. The molecule has 0 aromatic heterocycles. The van der Waals surface area contributed by atoms with E-state index in [1.54, 1.807) is 13.0 Å². The summed E-state index contributed by atoms with van der Waals surface area (Å²) in [6.07, 6.45) is 4.87. The molecule has 3 rings (SSSR count). The number of benzene rings is 1. The van der Waals surface area contributed by atoms with Crippen LogP contribution in [0.25, 0.3) is 0 Å². The summed E-state index contributed by atoms with van der Waals surface area (Å²) in [6, 6.07) is 3.12. The highest BCUT2D eigenvalue weighted by atomic mass is 35.5. The topological polar surface area (TPSA) is 35.5 Å². The molecule has 1 saturated heterocycles. The number of hydrogen-bond acceptors (Lipinski definition) is 3. The molecule has 2 fully saturated rings. The number of aromatic hydroxyl groups is 1. The average molecular weight is 329 g/mol. The van der Waals surface area contributed by atoms with Crippen LogP contribution in [0.2, 0.25) is 0 Å². The largest absolute Gasteiger partial charge is 0.507 e. The normalized spacial score (nSPS) is 21.5. The third-order valence-corrected chi connectivity index (χ3v) is 5.00. The monoisotopic (exact) mass is 328 g/mol. The summed E-state index contributed by atoms with van der Waals surface area (Å²) in [6.45, 7) is 5.66. The Morgan fingerprint density at radius 3 is 2.50 bits per heavy atom. The number of phenols is 1. The van der Waals surface area contributed by atoms with Crippen LogP contribution < -0.4 is 5.32 Å². The van der Waals surface area contributed by atoms with E-state index in [-0.39, 0.29) is 30.0 Å². The van der Waals surface area contributed by atoms with Crippen LogP contribution in [-0.4, -0.2) is 36.2 Å². The molecule has 0 unspecified atom stereocenters. The first-order valence-corrected chi connectivity index (χ1v) is 8.10. The van der Waals surface area contributed by atoms with Crippen LogP contribution in [0.3, 0.4) is 0 Å². The van der Waals surface area contributed by atoms with Crippen LogP contribution >= 0.6 is 12.4 Å². The molecular formula is C17H26ClFN2O. The second-order valence-electron chi connectivity index (χ2n) is 6.44. The maximum Gasteiger partial charge on any atom is 0.124 e. The van der Waals surface area contributed by atoms with Gasteiger partial charge in [0.05, 0.1) is 0 Å². The van der Waals surface area contributed by atoms with E-state index in [9.17, 15) is 9.50 Å². The molecular weight excluding hydrogens is 303 g/mol. The summed E-state index contributed by atoms with van der Waals surface area (Å²) in [7, 11) is 0. The molecule has 1 aromatic rings. The van der Waals surface area contributed by atoms with Crippen LogP contribution in [0.4, 0.5) is 4.39 Å². The molecule has 1 aliphatic heterocycles. The zero-order valence-electron chi connectivity index (χ0n) is 13.1. The molecule has 0 bridgehead atoms. The average Bonchev–Trinajstić information content (AvgIpc) is 2.99. The predicted octanol–water partition coefficient (Wildman–Crippen LogP) is 3.40. The molecule has 1 aromatic carbocycles.